The Morgan fingerprint density at radius 2 is 1.75 bits per heavy atom. The van der Waals surface area contributed by atoms with E-state index in [2.05, 4.69) is 28.8 Å². The zero-order chi connectivity index (χ0) is 25.7. The Labute approximate surface area is 213 Å². The number of fused-ring (bicyclic) bond motifs is 2. The molecule has 2 amide bonds. The van der Waals surface area contributed by atoms with Gasteiger partial charge in [0.1, 0.15) is 6.54 Å². The van der Waals surface area contributed by atoms with Crippen LogP contribution in [-0.2, 0) is 29.1 Å². The molecule has 2 aromatic carbocycles. The lowest BCUT2D eigenvalue weighted by molar-refractivity contribution is -0.151. The monoisotopic (exact) mass is 491 g/mol. The van der Waals surface area contributed by atoms with E-state index in [1.165, 1.54) is 11.1 Å². The molecule has 0 unspecified atom stereocenters. The van der Waals surface area contributed by atoms with Crippen LogP contribution in [-0.4, -0.2) is 72.3 Å². The largest absolute Gasteiger partial charge is 0.376 e. The number of carbonyl (C=O) groups excluding carboxylic acids is 3. The van der Waals surface area contributed by atoms with E-state index >= 15 is 0 Å². The van der Waals surface area contributed by atoms with Gasteiger partial charge in [-0.3, -0.25) is 19.4 Å². The summed E-state index contributed by atoms with van der Waals surface area (Å²) >= 11 is 0. The van der Waals surface area contributed by atoms with E-state index < -0.39 is 0 Å². The van der Waals surface area contributed by atoms with Crippen LogP contribution in [0.4, 0.5) is 5.69 Å². The summed E-state index contributed by atoms with van der Waals surface area (Å²) in [5.74, 6) is -0.110. The summed E-state index contributed by atoms with van der Waals surface area (Å²) in [6.07, 6.45) is 2.38. The van der Waals surface area contributed by atoms with Crippen LogP contribution in [0.25, 0.3) is 0 Å². The minimum absolute atomic E-state index is 0.0108. The lowest BCUT2D eigenvalue weighted by Crippen LogP contribution is -2.49. The Balaban J connectivity index is 1.39. The Morgan fingerprint density at radius 1 is 1.03 bits per heavy atom. The van der Waals surface area contributed by atoms with Gasteiger partial charge in [0.2, 0.25) is 5.91 Å². The summed E-state index contributed by atoms with van der Waals surface area (Å²) in [6, 6.07) is 12.1. The van der Waals surface area contributed by atoms with Crippen molar-refractivity contribution < 1.29 is 14.4 Å². The molecular formula is C28H37N5O3. The maximum absolute atomic E-state index is 13.2. The maximum atomic E-state index is 13.2. The molecule has 1 aliphatic heterocycles. The molecule has 2 aromatic rings. The molecule has 1 heterocycles. The van der Waals surface area contributed by atoms with Gasteiger partial charge in [0.25, 0.3) is 5.91 Å². The zero-order valence-corrected chi connectivity index (χ0v) is 21.6. The van der Waals surface area contributed by atoms with Gasteiger partial charge >= 0.3 is 0 Å². The number of hydrogen-bond donors (Lipinski definition) is 2. The summed E-state index contributed by atoms with van der Waals surface area (Å²) in [7, 11) is 1.77. The fraction of sp³-hybridized carbons (Fsp3) is 0.464. The molecule has 1 aliphatic carbocycles. The first-order chi connectivity index (χ1) is 17.4. The third-order valence-electron chi connectivity index (χ3n) is 7.13. The van der Waals surface area contributed by atoms with Gasteiger partial charge in [-0.15, -0.1) is 0 Å². The topological polar surface area (TPSA) is 85.0 Å². The SMILES string of the molecule is CCNCCN(CC(=O)N(C)N1Cc2ccccc2C1)C(=O)CNc1cc2c(cc1C)CCCC2=O. The normalized spacial score (nSPS) is 14.8. The van der Waals surface area contributed by atoms with Gasteiger partial charge in [-0.05, 0) is 54.6 Å². The van der Waals surface area contributed by atoms with E-state index in [1.54, 1.807) is 17.0 Å². The van der Waals surface area contributed by atoms with Crippen LogP contribution in [0.3, 0.4) is 0 Å². The number of hydrazine groups is 1. The maximum Gasteiger partial charge on any atom is 0.256 e. The molecule has 0 bridgehead atoms. The molecule has 36 heavy (non-hydrogen) atoms. The van der Waals surface area contributed by atoms with Crippen molar-refractivity contribution in [1.29, 1.82) is 0 Å². The second-order valence-electron chi connectivity index (χ2n) is 9.63. The highest BCUT2D eigenvalue weighted by Crippen LogP contribution is 2.27. The van der Waals surface area contributed by atoms with Crippen molar-refractivity contribution in [2.24, 2.45) is 0 Å². The van der Waals surface area contributed by atoms with Crippen molar-refractivity contribution in [2.75, 3.05) is 45.1 Å². The van der Waals surface area contributed by atoms with E-state index in [-0.39, 0.29) is 30.7 Å². The lowest BCUT2D eigenvalue weighted by Gasteiger charge is -2.31. The number of amides is 2. The van der Waals surface area contributed by atoms with Gasteiger partial charge in [0.15, 0.2) is 5.78 Å². The predicted octanol–water partition coefficient (Wildman–Crippen LogP) is 2.75. The first-order valence-corrected chi connectivity index (χ1v) is 12.8. The molecule has 0 fully saturated rings. The molecule has 0 spiro atoms. The van der Waals surface area contributed by atoms with Crippen LogP contribution >= 0.6 is 0 Å². The average Bonchev–Trinajstić information content (AvgIpc) is 3.31. The van der Waals surface area contributed by atoms with Crippen LogP contribution in [0.15, 0.2) is 36.4 Å². The lowest BCUT2D eigenvalue weighted by atomic mass is 9.89. The van der Waals surface area contributed by atoms with Crippen molar-refractivity contribution in [1.82, 2.24) is 20.2 Å². The molecule has 192 valence electrons. The molecule has 0 aromatic heterocycles. The van der Waals surface area contributed by atoms with Crippen LogP contribution in [0.1, 0.15) is 52.4 Å². The van der Waals surface area contributed by atoms with Gasteiger partial charge < -0.3 is 15.5 Å². The number of aryl methyl sites for hydroxylation is 2. The van der Waals surface area contributed by atoms with Crippen molar-refractivity contribution in [3.63, 3.8) is 0 Å². The molecular weight excluding hydrogens is 454 g/mol. The minimum atomic E-state index is -0.150. The summed E-state index contributed by atoms with van der Waals surface area (Å²) in [5.41, 5.74) is 6.10. The van der Waals surface area contributed by atoms with Crippen molar-refractivity contribution in [3.8, 4) is 0 Å². The number of Topliss-reactive ketones (excluding diaryl/α,β-unsaturated/α-hetero) is 1. The van der Waals surface area contributed by atoms with Crippen LogP contribution in [0.5, 0.6) is 0 Å². The number of hydrogen-bond acceptors (Lipinski definition) is 6. The first kappa shape index (κ1) is 25.9. The standard InChI is InChI=1S/C28H37N5O3/c1-4-29-12-13-32(19-28(36)31(3)33-17-22-8-5-6-9-23(22)18-33)27(35)16-30-25-15-24-21(14-20(25)2)10-7-11-26(24)34/h5-6,8-9,14-15,29-30H,4,7,10-13,16-19H2,1-3H3. The highest BCUT2D eigenvalue weighted by molar-refractivity contribution is 5.99. The van der Waals surface area contributed by atoms with Crippen molar-refractivity contribution in [2.45, 2.75) is 46.2 Å². The molecule has 8 nitrogen and oxygen atoms in total. The first-order valence-electron chi connectivity index (χ1n) is 12.8. The minimum Gasteiger partial charge on any atom is -0.376 e. The Morgan fingerprint density at radius 3 is 2.44 bits per heavy atom. The smallest absolute Gasteiger partial charge is 0.256 e. The molecule has 0 saturated carbocycles. The fourth-order valence-corrected chi connectivity index (χ4v) is 4.91. The van der Waals surface area contributed by atoms with E-state index in [4.69, 9.17) is 0 Å². The quantitative estimate of drug-likeness (QED) is 0.497. The number of rotatable bonds is 10. The van der Waals surface area contributed by atoms with Gasteiger partial charge in [0, 0.05) is 50.9 Å². The van der Waals surface area contributed by atoms with E-state index in [0.29, 0.717) is 32.6 Å². The third-order valence-corrected chi connectivity index (χ3v) is 7.13. The number of carbonyl (C=O) groups is 3. The van der Waals surface area contributed by atoms with E-state index in [9.17, 15) is 14.4 Å². The highest BCUT2D eigenvalue weighted by Gasteiger charge is 2.27. The third kappa shape index (κ3) is 5.94. The molecule has 0 atom stereocenters. The fourth-order valence-electron chi connectivity index (χ4n) is 4.91. The van der Waals surface area contributed by atoms with Gasteiger partial charge in [-0.2, -0.15) is 0 Å². The number of nitrogens with zero attached hydrogens (tertiary/aromatic N) is 3. The highest BCUT2D eigenvalue weighted by atomic mass is 16.2. The molecule has 0 saturated heterocycles. The Kier molecular flexibility index (Phi) is 8.38. The molecule has 2 aliphatic rings. The summed E-state index contributed by atoms with van der Waals surface area (Å²) in [4.78, 5) is 40.3. The average molecular weight is 492 g/mol. The summed E-state index contributed by atoms with van der Waals surface area (Å²) in [5, 5.41) is 10.1. The number of benzene rings is 2. The van der Waals surface area contributed by atoms with Crippen LogP contribution in [0.2, 0.25) is 0 Å². The number of likely N-dealkylation sites (N-methyl/N-ethyl adjacent to an activating group) is 2. The zero-order valence-electron chi connectivity index (χ0n) is 21.6. The summed E-state index contributed by atoms with van der Waals surface area (Å²) in [6.45, 7) is 7.28. The molecule has 8 heteroatoms. The van der Waals surface area contributed by atoms with Gasteiger partial charge in [-0.25, -0.2) is 5.01 Å². The second kappa shape index (κ2) is 11.7. The van der Waals surface area contributed by atoms with Gasteiger partial charge in [-0.1, -0.05) is 37.3 Å². The van der Waals surface area contributed by atoms with E-state index in [1.807, 2.05) is 37.1 Å². The number of anilines is 1. The van der Waals surface area contributed by atoms with Crippen LogP contribution in [0, 0.1) is 6.92 Å². The number of ketones is 1. The van der Waals surface area contributed by atoms with E-state index in [0.717, 1.165) is 41.8 Å². The van der Waals surface area contributed by atoms with Crippen molar-refractivity contribution >= 4 is 23.3 Å². The Hall–Kier alpha value is -3.23. The second-order valence-corrected chi connectivity index (χ2v) is 9.63. The molecule has 4 rings (SSSR count). The van der Waals surface area contributed by atoms with Gasteiger partial charge in [0.05, 0.1) is 6.54 Å². The predicted molar refractivity (Wildman–Crippen MR) is 141 cm³/mol. The molecule has 2 N–H and O–H groups in total. The summed E-state index contributed by atoms with van der Waals surface area (Å²) < 4.78 is 0. The van der Waals surface area contributed by atoms with Crippen molar-refractivity contribution in [3.05, 3.63) is 64.2 Å². The number of nitrogens with one attached hydrogen (secondary N) is 2. The molecule has 0 radical (unpaired) electrons. The Bertz CT molecular complexity index is 1110. The van der Waals surface area contributed by atoms with Crippen LogP contribution < -0.4 is 10.6 Å².